The highest BCUT2D eigenvalue weighted by Crippen LogP contribution is 2.18. The highest BCUT2D eigenvalue weighted by atomic mass is 16.2. The Balaban J connectivity index is 1.83. The molecule has 4 heteroatoms. The number of H-pyrrole nitrogens is 1. The number of amides is 1. The van der Waals surface area contributed by atoms with Crippen LogP contribution >= 0.6 is 0 Å². The van der Waals surface area contributed by atoms with Gasteiger partial charge in [-0.2, -0.15) is 0 Å². The Labute approximate surface area is 106 Å². The van der Waals surface area contributed by atoms with Gasteiger partial charge in [-0.05, 0) is 37.7 Å². The molecule has 1 amide bonds. The minimum Gasteiger partial charge on any atom is -0.361 e. The van der Waals surface area contributed by atoms with Gasteiger partial charge in [0.05, 0.1) is 0 Å². The third-order valence-corrected chi connectivity index (χ3v) is 3.68. The zero-order valence-electron chi connectivity index (χ0n) is 10.4. The van der Waals surface area contributed by atoms with Gasteiger partial charge in [-0.3, -0.25) is 4.79 Å². The molecular formula is C14H17N3O. The van der Waals surface area contributed by atoms with Gasteiger partial charge in [0.15, 0.2) is 0 Å². The molecule has 1 atom stereocenters. The van der Waals surface area contributed by atoms with Crippen LogP contribution in [0.2, 0.25) is 0 Å². The molecular weight excluding hydrogens is 226 g/mol. The summed E-state index contributed by atoms with van der Waals surface area (Å²) in [5.74, 6) is 0.135. The first-order valence-corrected chi connectivity index (χ1v) is 6.31. The van der Waals surface area contributed by atoms with Crippen LogP contribution in [0.5, 0.6) is 0 Å². The fourth-order valence-electron chi connectivity index (χ4n) is 2.55. The lowest BCUT2D eigenvalue weighted by Crippen LogP contribution is -2.33. The van der Waals surface area contributed by atoms with Crippen LogP contribution in [0.4, 0.5) is 0 Å². The quantitative estimate of drug-likeness (QED) is 0.841. The smallest absolute Gasteiger partial charge is 0.253 e. The lowest BCUT2D eigenvalue weighted by atomic mass is 10.1. The largest absolute Gasteiger partial charge is 0.361 e. The molecule has 0 aliphatic carbocycles. The summed E-state index contributed by atoms with van der Waals surface area (Å²) in [5.41, 5.74) is 1.85. The summed E-state index contributed by atoms with van der Waals surface area (Å²) in [7, 11) is 1.95. The van der Waals surface area contributed by atoms with Gasteiger partial charge in [-0.15, -0.1) is 0 Å². The second-order valence-electron chi connectivity index (χ2n) is 4.81. The van der Waals surface area contributed by atoms with Crippen molar-refractivity contribution in [1.29, 1.82) is 0 Å². The van der Waals surface area contributed by atoms with Crippen LogP contribution in [0.1, 0.15) is 16.8 Å². The highest BCUT2D eigenvalue weighted by molar-refractivity contribution is 5.98. The van der Waals surface area contributed by atoms with E-state index in [0.29, 0.717) is 6.04 Å². The summed E-state index contributed by atoms with van der Waals surface area (Å²) in [5, 5.41) is 4.31. The Bertz CT molecular complexity index is 575. The number of hydrogen-bond acceptors (Lipinski definition) is 2. The summed E-state index contributed by atoms with van der Waals surface area (Å²) in [6.45, 7) is 1.65. The number of aromatic amines is 1. The molecule has 94 valence electrons. The van der Waals surface area contributed by atoms with Gasteiger partial charge in [0.25, 0.3) is 5.91 Å². The number of likely N-dealkylation sites (N-methyl/N-ethyl adjacent to an activating group) is 1. The number of fused-ring (bicyclic) bond motifs is 1. The minimum atomic E-state index is 0.135. The van der Waals surface area contributed by atoms with Crippen molar-refractivity contribution < 1.29 is 4.79 Å². The molecule has 1 aromatic heterocycles. The Hall–Kier alpha value is -1.81. The van der Waals surface area contributed by atoms with E-state index in [1.807, 2.05) is 42.4 Å². The van der Waals surface area contributed by atoms with E-state index in [4.69, 9.17) is 0 Å². The standard InChI is InChI=1S/C14H17N3O/c1-15-12-5-7-17(9-12)14(18)11-2-3-13-10(8-11)4-6-16-13/h2-4,6,8,12,15-16H,5,7,9H2,1H3. The maximum Gasteiger partial charge on any atom is 0.253 e. The van der Waals surface area contributed by atoms with E-state index in [1.165, 1.54) is 0 Å². The molecule has 0 saturated carbocycles. The zero-order chi connectivity index (χ0) is 12.5. The Morgan fingerprint density at radius 3 is 3.11 bits per heavy atom. The molecule has 1 aromatic carbocycles. The Morgan fingerprint density at radius 2 is 2.33 bits per heavy atom. The van der Waals surface area contributed by atoms with Crippen molar-refractivity contribution in [2.75, 3.05) is 20.1 Å². The molecule has 0 spiro atoms. The van der Waals surface area contributed by atoms with Gasteiger partial charge in [-0.1, -0.05) is 0 Å². The molecule has 2 heterocycles. The number of carbonyl (C=O) groups excluding carboxylic acids is 1. The fourth-order valence-corrected chi connectivity index (χ4v) is 2.55. The van der Waals surface area contributed by atoms with Crippen molar-refractivity contribution >= 4 is 16.8 Å². The van der Waals surface area contributed by atoms with Crippen molar-refractivity contribution in [3.8, 4) is 0 Å². The van der Waals surface area contributed by atoms with Gasteiger partial charge in [0.2, 0.25) is 0 Å². The monoisotopic (exact) mass is 243 g/mol. The normalized spacial score (nSPS) is 19.6. The summed E-state index contributed by atoms with van der Waals surface area (Å²) in [6, 6.07) is 8.25. The molecule has 3 rings (SSSR count). The average molecular weight is 243 g/mol. The van der Waals surface area contributed by atoms with E-state index >= 15 is 0 Å². The van der Waals surface area contributed by atoms with Crippen LogP contribution in [-0.2, 0) is 0 Å². The summed E-state index contributed by atoms with van der Waals surface area (Å²) >= 11 is 0. The third kappa shape index (κ3) is 1.88. The number of carbonyl (C=O) groups is 1. The first-order valence-electron chi connectivity index (χ1n) is 6.31. The van der Waals surface area contributed by atoms with Gasteiger partial charge in [-0.25, -0.2) is 0 Å². The van der Waals surface area contributed by atoms with Crippen molar-refractivity contribution in [3.63, 3.8) is 0 Å². The van der Waals surface area contributed by atoms with Crippen LogP contribution < -0.4 is 5.32 Å². The highest BCUT2D eigenvalue weighted by Gasteiger charge is 2.25. The number of hydrogen-bond donors (Lipinski definition) is 2. The molecule has 1 aliphatic heterocycles. The molecule has 18 heavy (non-hydrogen) atoms. The maximum atomic E-state index is 12.4. The fraction of sp³-hybridized carbons (Fsp3) is 0.357. The number of likely N-dealkylation sites (tertiary alicyclic amines) is 1. The molecule has 1 fully saturated rings. The Kier molecular flexibility index (Phi) is 2.80. The van der Waals surface area contributed by atoms with Crippen LogP contribution in [0.15, 0.2) is 30.5 Å². The van der Waals surface area contributed by atoms with E-state index in [9.17, 15) is 4.79 Å². The second kappa shape index (κ2) is 4.46. The molecule has 2 N–H and O–H groups in total. The lowest BCUT2D eigenvalue weighted by Gasteiger charge is -2.16. The van der Waals surface area contributed by atoms with Gasteiger partial charge in [0.1, 0.15) is 0 Å². The predicted molar refractivity (Wildman–Crippen MR) is 71.7 cm³/mol. The SMILES string of the molecule is CNC1CCN(C(=O)c2ccc3[nH]ccc3c2)C1. The molecule has 1 unspecified atom stereocenters. The first-order chi connectivity index (χ1) is 8.78. The van der Waals surface area contributed by atoms with Crippen LogP contribution in [0, 0.1) is 0 Å². The van der Waals surface area contributed by atoms with Gasteiger partial charge >= 0.3 is 0 Å². The zero-order valence-corrected chi connectivity index (χ0v) is 10.4. The second-order valence-corrected chi connectivity index (χ2v) is 4.81. The lowest BCUT2D eigenvalue weighted by molar-refractivity contribution is 0.0790. The van der Waals surface area contributed by atoms with Crippen molar-refractivity contribution in [3.05, 3.63) is 36.0 Å². The average Bonchev–Trinajstić information content (AvgIpc) is 3.05. The summed E-state index contributed by atoms with van der Waals surface area (Å²) in [4.78, 5) is 17.4. The van der Waals surface area contributed by atoms with Crippen molar-refractivity contribution in [2.24, 2.45) is 0 Å². The molecule has 4 nitrogen and oxygen atoms in total. The summed E-state index contributed by atoms with van der Waals surface area (Å²) in [6.07, 6.45) is 2.93. The first kappa shape index (κ1) is 11.3. The minimum absolute atomic E-state index is 0.135. The van der Waals surface area contributed by atoms with Crippen LogP contribution in [0.25, 0.3) is 10.9 Å². The van der Waals surface area contributed by atoms with Crippen molar-refractivity contribution in [1.82, 2.24) is 15.2 Å². The number of benzene rings is 1. The molecule has 0 bridgehead atoms. The number of rotatable bonds is 2. The molecule has 2 aromatic rings. The third-order valence-electron chi connectivity index (χ3n) is 3.68. The van der Waals surface area contributed by atoms with Crippen LogP contribution in [0.3, 0.4) is 0 Å². The van der Waals surface area contributed by atoms with E-state index in [2.05, 4.69) is 10.3 Å². The van der Waals surface area contributed by atoms with Gasteiger partial charge in [0, 0.05) is 41.8 Å². The van der Waals surface area contributed by atoms with E-state index < -0.39 is 0 Å². The molecule has 1 aliphatic rings. The maximum absolute atomic E-state index is 12.4. The molecule has 1 saturated heterocycles. The predicted octanol–water partition coefficient (Wildman–Crippen LogP) is 1.60. The molecule has 0 radical (unpaired) electrons. The van der Waals surface area contributed by atoms with E-state index in [1.54, 1.807) is 0 Å². The van der Waals surface area contributed by atoms with E-state index in [0.717, 1.165) is 36.0 Å². The number of aromatic nitrogens is 1. The topological polar surface area (TPSA) is 48.1 Å². The summed E-state index contributed by atoms with van der Waals surface area (Å²) < 4.78 is 0. The Morgan fingerprint density at radius 1 is 1.44 bits per heavy atom. The van der Waals surface area contributed by atoms with Crippen molar-refractivity contribution in [2.45, 2.75) is 12.5 Å². The number of nitrogens with one attached hydrogen (secondary N) is 2. The van der Waals surface area contributed by atoms with E-state index in [-0.39, 0.29) is 5.91 Å². The number of nitrogens with zero attached hydrogens (tertiary/aromatic N) is 1. The van der Waals surface area contributed by atoms with Gasteiger partial charge < -0.3 is 15.2 Å². The van der Waals surface area contributed by atoms with Crippen LogP contribution in [-0.4, -0.2) is 42.0 Å².